The van der Waals surface area contributed by atoms with E-state index in [1.54, 1.807) is 9.58 Å². The fourth-order valence-electron chi connectivity index (χ4n) is 3.62. The summed E-state index contributed by atoms with van der Waals surface area (Å²) in [5.74, 6) is 0.909. The molecule has 1 unspecified atom stereocenters. The number of ether oxygens (including phenoxy) is 1. The van der Waals surface area contributed by atoms with E-state index in [1.807, 2.05) is 27.0 Å². The van der Waals surface area contributed by atoms with Gasteiger partial charge < -0.3 is 9.64 Å². The zero-order valence-corrected chi connectivity index (χ0v) is 17.8. The van der Waals surface area contributed by atoms with E-state index < -0.39 is 5.60 Å². The van der Waals surface area contributed by atoms with Crippen LogP contribution in [0.5, 0.6) is 0 Å². The first-order chi connectivity index (χ1) is 12.8. The molecule has 0 aromatic rings. The fourth-order valence-corrected chi connectivity index (χ4v) is 4.06. The van der Waals surface area contributed by atoms with E-state index in [4.69, 9.17) is 4.74 Å². The standard InChI is InChI=1S/C19H27BrN5O2/c1-19(2,3)27-18(26)24-9-8-13(11-24)12-25-17(15(10-21)16(20)23-25)22-14-6-4-5-7-14/h12-14,22H,4-9,11H2,1-3H3/q+1/b25-12+. The van der Waals surface area contributed by atoms with E-state index >= 15 is 0 Å². The Morgan fingerprint density at radius 1 is 1.41 bits per heavy atom. The first kappa shape index (κ1) is 19.9. The third kappa shape index (κ3) is 4.89. The second kappa shape index (κ2) is 8.01. The first-order valence-electron chi connectivity index (χ1n) is 9.54. The Hall–Kier alpha value is -1.88. The third-order valence-corrected chi connectivity index (χ3v) is 5.46. The maximum absolute atomic E-state index is 12.3. The molecule has 1 amide bonds. The molecule has 0 aromatic heterocycles. The highest BCUT2D eigenvalue weighted by molar-refractivity contribution is 9.18. The van der Waals surface area contributed by atoms with Crippen molar-refractivity contribution in [3.05, 3.63) is 11.4 Å². The molecular formula is C19H27BrN5O2+. The van der Waals surface area contributed by atoms with Gasteiger partial charge in [0.2, 0.25) is 0 Å². The summed E-state index contributed by atoms with van der Waals surface area (Å²) in [6, 6.07) is 2.62. The van der Waals surface area contributed by atoms with E-state index in [0.29, 0.717) is 29.3 Å². The molecule has 0 aromatic carbocycles. The lowest BCUT2D eigenvalue weighted by Crippen LogP contribution is -2.35. The number of halogens is 1. The maximum Gasteiger partial charge on any atom is 0.410 e. The van der Waals surface area contributed by atoms with Crippen LogP contribution >= 0.6 is 15.9 Å². The summed E-state index contributed by atoms with van der Waals surface area (Å²) < 4.78 is 7.77. The van der Waals surface area contributed by atoms with Crippen molar-refractivity contribution in [3.63, 3.8) is 0 Å². The summed E-state index contributed by atoms with van der Waals surface area (Å²) in [4.78, 5) is 14.0. The lowest BCUT2D eigenvalue weighted by molar-refractivity contribution is -0.482. The van der Waals surface area contributed by atoms with Crippen LogP contribution in [0.1, 0.15) is 52.9 Å². The average Bonchev–Trinajstić information content (AvgIpc) is 3.28. The molecule has 0 spiro atoms. The number of nitrogens with zero attached hydrogens (tertiary/aromatic N) is 4. The zero-order valence-electron chi connectivity index (χ0n) is 16.2. The van der Waals surface area contributed by atoms with Crippen LogP contribution in [-0.2, 0) is 4.74 Å². The van der Waals surface area contributed by atoms with Crippen molar-refractivity contribution in [2.75, 3.05) is 13.1 Å². The van der Waals surface area contributed by atoms with E-state index in [9.17, 15) is 10.1 Å². The topological polar surface area (TPSA) is 80.7 Å². The van der Waals surface area contributed by atoms with Gasteiger partial charge in [0, 0.05) is 19.0 Å². The monoisotopic (exact) mass is 436 g/mol. The van der Waals surface area contributed by atoms with Crippen molar-refractivity contribution in [2.45, 2.75) is 64.5 Å². The summed E-state index contributed by atoms with van der Waals surface area (Å²) in [5.41, 5.74) is 0.0337. The van der Waals surface area contributed by atoms with Gasteiger partial charge in [0.1, 0.15) is 17.9 Å². The van der Waals surface area contributed by atoms with Crippen molar-refractivity contribution >= 4 is 32.9 Å². The Bertz CT molecular complexity index is 738. The van der Waals surface area contributed by atoms with Gasteiger partial charge in [-0.15, -0.1) is 4.68 Å². The number of likely N-dealkylation sites (tertiary alicyclic amines) is 1. The van der Waals surface area contributed by atoms with Crippen LogP contribution in [0.4, 0.5) is 4.79 Å². The maximum atomic E-state index is 12.3. The molecule has 3 aliphatic rings. The highest BCUT2D eigenvalue weighted by Crippen LogP contribution is 2.25. The molecule has 3 rings (SSSR count). The van der Waals surface area contributed by atoms with Crippen LogP contribution in [0.25, 0.3) is 0 Å². The Morgan fingerprint density at radius 2 is 2.11 bits per heavy atom. The van der Waals surface area contributed by atoms with Gasteiger partial charge in [-0.25, -0.2) is 4.79 Å². The van der Waals surface area contributed by atoms with Crippen molar-refractivity contribution in [2.24, 2.45) is 11.0 Å². The molecule has 0 radical (unpaired) electrons. The Kier molecular flexibility index (Phi) is 5.89. The molecule has 27 heavy (non-hydrogen) atoms. The van der Waals surface area contributed by atoms with E-state index in [1.165, 1.54) is 12.8 Å². The summed E-state index contributed by atoms with van der Waals surface area (Å²) in [5, 5.41) is 17.5. The van der Waals surface area contributed by atoms with Crippen molar-refractivity contribution in [3.8, 4) is 6.07 Å². The van der Waals surface area contributed by atoms with Crippen LogP contribution in [0, 0.1) is 17.2 Å². The van der Waals surface area contributed by atoms with Gasteiger partial charge in [0.05, 0.1) is 6.04 Å². The molecule has 2 heterocycles. The summed E-state index contributed by atoms with van der Waals surface area (Å²) in [6.07, 6.45) is 7.24. The molecule has 1 atom stereocenters. The Labute approximate surface area is 168 Å². The van der Waals surface area contributed by atoms with E-state index in [0.717, 1.165) is 25.1 Å². The molecule has 2 fully saturated rings. The minimum Gasteiger partial charge on any atom is -0.444 e. The number of hydrogen-bond acceptors (Lipinski definition) is 5. The van der Waals surface area contributed by atoms with Gasteiger partial charge in [0.25, 0.3) is 0 Å². The van der Waals surface area contributed by atoms with Gasteiger partial charge in [-0.3, -0.25) is 5.32 Å². The number of hydrazone groups is 1. The van der Waals surface area contributed by atoms with Crippen molar-refractivity contribution in [1.82, 2.24) is 10.2 Å². The number of hydrogen-bond donors (Lipinski definition) is 1. The smallest absolute Gasteiger partial charge is 0.410 e. The Balaban J connectivity index is 1.71. The van der Waals surface area contributed by atoms with Crippen LogP contribution in [-0.4, -0.2) is 51.2 Å². The lowest BCUT2D eigenvalue weighted by Gasteiger charge is -2.24. The molecule has 2 aliphatic heterocycles. The number of nitrogens with one attached hydrogen (secondary N) is 1. The van der Waals surface area contributed by atoms with Gasteiger partial charge in [0.15, 0.2) is 10.2 Å². The van der Waals surface area contributed by atoms with E-state index in [2.05, 4.69) is 32.4 Å². The Morgan fingerprint density at radius 3 is 2.74 bits per heavy atom. The van der Waals surface area contributed by atoms with Gasteiger partial charge in [-0.2, -0.15) is 5.26 Å². The second-order valence-electron chi connectivity index (χ2n) is 8.32. The summed E-state index contributed by atoms with van der Waals surface area (Å²) >= 11 is 3.40. The number of amides is 1. The quantitative estimate of drug-likeness (QED) is 0.687. The van der Waals surface area contributed by atoms with Crippen molar-refractivity contribution in [1.29, 1.82) is 5.26 Å². The van der Waals surface area contributed by atoms with Crippen molar-refractivity contribution < 1.29 is 14.2 Å². The highest BCUT2D eigenvalue weighted by Gasteiger charge is 2.35. The second-order valence-corrected chi connectivity index (χ2v) is 9.07. The van der Waals surface area contributed by atoms with Crippen LogP contribution in [0.3, 0.4) is 0 Å². The number of rotatable bonds is 3. The van der Waals surface area contributed by atoms with Gasteiger partial charge in [-0.1, -0.05) is 5.10 Å². The predicted molar refractivity (Wildman–Crippen MR) is 107 cm³/mol. The highest BCUT2D eigenvalue weighted by atomic mass is 79.9. The largest absolute Gasteiger partial charge is 0.444 e. The fraction of sp³-hybridized carbons (Fsp3) is 0.684. The molecule has 0 bridgehead atoms. The van der Waals surface area contributed by atoms with Crippen LogP contribution < -0.4 is 5.32 Å². The molecule has 1 saturated heterocycles. The molecular weight excluding hydrogens is 410 g/mol. The zero-order chi connectivity index (χ0) is 19.6. The number of nitriles is 1. The normalized spacial score (nSPS) is 25.1. The van der Waals surface area contributed by atoms with Gasteiger partial charge >= 0.3 is 11.9 Å². The average molecular weight is 437 g/mol. The minimum atomic E-state index is -0.494. The number of allylic oxidation sites excluding steroid dienone is 1. The lowest BCUT2D eigenvalue weighted by atomic mass is 10.1. The predicted octanol–water partition coefficient (Wildman–Crippen LogP) is 3.32. The van der Waals surface area contributed by atoms with E-state index in [-0.39, 0.29) is 12.0 Å². The molecule has 7 nitrogen and oxygen atoms in total. The van der Waals surface area contributed by atoms with Gasteiger partial charge in [-0.05, 0) is 68.8 Å². The minimum absolute atomic E-state index is 0.167. The molecule has 1 N–H and O–H groups in total. The summed E-state index contributed by atoms with van der Waals surface area (Å²) in [6.45, 7) is 6.87. The molecule has 1 aliphatic carbocycles. The first-order valence-corrected chi connectivity index (χ1v) is 10.3. The SMILES string of the molecule is CC(C)(C)OC(=O)N1CCC(/C=[N+]2/N=C(Br)C(C#N)=C2NC2CCCC2)C1. The summed E-state index contributed by atoms with van der Waals surface area (Å²) in [7, 11) is 0. The molecule has 1 saturated carbocycles. The number of carbonyl (C=O) groups is 1. The molecule has 8 heteroatoms. The van der Waals surface area contributed by atoms with Crippen LogP contribution in [0.15, 0.2) is 16.5 Å². The molecule has 146 valence electrons. The third-order valence-electron chi connectivity index (χ3n) is 4.90. The van der Waals surface area contributed by atoms with Crippen LogP contribution in [0.2, 0.25) is 0 Å². The number of carbonyl (C=O) groups excluding carboxylic acids is 1.